The van der Waals surface area contributed by atoms with Crippen LogP contribution in [0.5, 0.6) is 0 Å². The van der Waals surface area contributed by atoms with Crippen molar-refractivity contribution < 1.29 is 31.5 Å². The Labute approximate surface area is 215 Å². The molecule has 0 saturated carbocycles. The zero-order chi connectivity index (χ0) is 27.1. The zero-order valence-corrected chi connectivity index (χ0v) is 20.8. The van der Waals surface area contributed by atoms with Gasteiger partial charge in [-0.2, -0.15) is 17.5 Å². The molecule has 4 rings (SSSR count). The molecular weight excluding hydrogens is 531 g/mol. The van der Waals surface area contributed by atoms with Crippen LogP contribution in [-0.2, 0) is 22.7 Å². The van der Waals surface area contributed by atoms with Crippen molar-refractivity contribution in [2.45, 2.75) is 24.5 Å². The Morgan fingerprint density at radius 3 is 2.38 bits per heavy atom. The highest BCUT2D eigenvalue weighted by molar-refractivity contribution is 7.93. The number of alkyl halides is 3. The van der Waals surface area contributed by atoms with Crippen LogP contribution in [0.2, 0.25) is 5.02 Å². The molecule has 0 fully saturated rings. The first-order valence-electron chi connectivity index (χ1n) is 10.7. The number of amides is 1. The highest BCUT2D eigenvalue weighted by Crippen LogP contribution is 2.33. The lowest BCUT2D eigenvalue weighted by Crippen LogP contribution is -2.35. The molecule has 37 heavy (non-hydrogen) atoms. The lowest BCUT2D eigenvalue weighted by molar-refractivity contribution is -0.137. The molecule has 7 nitrogen and oxygen atoms in total. The summed E-state index contributed by atoms with van der Waals surface area (Å²) in [6.45, 7) is 5.28. The van der Waals surface area contributed by atoms with Gasteiger partial charge in [-0.25, -0.2) is 18.2 Å². The quantitative estimate of drug-likeness (QED) is 0.293. The molecule has 3 aromatic carbocycles. The van der Waals surface area contributed by atoms with Crippen LogP contribution in [0, 0.1) is 6.92 Å². The smallest absolute Gasteiger partial charge is 0.426 e. The van der Waals surface area contributed by atoms with Crippen molar-refractivity contribution in [3.63, 3.8) is 0 Å². The number of nitrogens with zero attached hydrogens (tertiary/aromatic N) is 3. The number of sulfonamides is 1. The summed E-state index contributed by atoms with van der Waals surface area (Å²) in [6, 6.07) is 12.7. The lowest BCUT2D eigenvalue weighted by atomic mass is 10.1. The van der Waals surface area contributed by atoms with Gasteiger partial charge in [0.1, 0.15) is 5.82 Å². The number of aromatic nitrogens is 2. The Kier molecular flexibility index (Phi) is 6.78. The first-order chi connectivity index (χ1) is 17.3. The second-order valence-electron chi connectivity index (χ2n) is 8.05. The van der Waals surface area contributed by atoms with E-state index in [1.807, 2.05) is 0 Å². The minimum Gasteiger partial charge on any atom is -0.464 e. The summed E-state index contributed by atoms with van der Waals surface area (Å²) in [6.07, 6.45) is -4.75. The van der Waals surface area contributed by atoms with Gasteiger partial charge in [0.15, 0.2) is 0 Å². The highest BCUT2D eigenvalue weighted by atomic mass is 35.5. The predicted molar refractivity (Wildman–Crippen MR) is 134 cm³/mol. The van der Waals surface area contributed by atoms with E-state index in [9.17, 15) is 31.5 Å². The first kappa shape index (κ1) is 26.2. The molecular formula is C25H19ClF3N3O4S. The highest BCUT2D eigenvalue weighted by Gasteiger charge is 2.32. The molecule has 0 spiro atoms. The summed E-state index contributed by atoms with van der Waals surface area (Å²) >= 11 is 6.12. The Morgan fingerprint density at radius 1 is 1.14 bits per heavy atom. The number of halogens is 4. The van der Waals surface area contributed by atoms with Gasteiger partial charge in [-0.3, -0.25) is 0 Å². The third-order valence-electron chi connectivity index (χ3n) is 5.69. The van der Waals surface area contributed by atoms with E-state index >= 15 is 0 Å². The fraction of sp³-hybridized carbons (Fsp3) is 0.120. The Hall–Kier alpha value is -3.83. The van der Waals surface area contributed by atoms with Crippen LogP contribution in [0.1, 0.15) is 22.5 Å². The summed E-state index contributed by atoms with van der Waals surface area (Å²) < 4.78 is 67.4. The van der Waals surface area contributed by atoms with Crippen molar-refractivity contribution in [2.75, 3.05) is 4.31 Å². The van der Waals surface area contributed by atoms with Crippen LogP contribution in [0.4, 0.5) is 23.7 Å². The number of anilines is 1. The van der Waals surface area contributed by atoms with Crippen LogP contribution in [0.15, 0.2) is 72.1 Å². The molecule has 0 atom stereocenters. The Balaban J connectivity index is 1.78. The predicted octanol–water partition coefficient (Wildman–Crippen LogP) is 6.58. The Bertz CT molecular complexity index is 1630. The number of hydrogen-bond donors (Lipinski definition) is 1. The molecule has 192 valence electrons. The molecule has 12 heteroatoms. The largest absolute Gasteiger partial charge is 0.464 e. The van der Waals surface area contributed by atoms with E-state index in [2.05, 4.69) is 11.6 Å². The molecule has 1 heterocycles. The number of imidazole rings is 1. The number of carbonyl (C=O) groups is 1. The van der Waals surface area contributed by atoms with Gasteiger partial charge in [-0.05, 0) is 60.5 Å². The molecule has 0 aliphatic heterocycles. The first-order valence-corrected chi connectivity index (χ1v) is 12.5. The monoisotopic (exact) mass is 549 g/mol. The summed E-state index contributed by atoms with van der Waals surface area (Å²) in [5.74, 6) is 0.466. The minimum atomic E-state index is -4.55. The van der Waals surface area contributed by atoms with E-state index in [1.54, 1.807) is 11.5 Å². The van der Waals surface area contributed by atoms with Crippen LogP contribution in [0.25, 0.3) is 17.1 Å². The summed E-state index contributed by atoms with van der Waals surface area (Å²) in [7, 11) is -4.50. The summed E-state index contributed by atoms with van der Waals surface area (Å²) in [4.78, 5) is 16.3. The van der Waals surface area contributed by atoms with Crippen LogP contribution >= 0.6 is 11.6 Å². The minimum absolute atomic E-state index is 0.0194. The average molecular weight is 550 g/mol. The van der Waals surface area contributed by atoms with Gasteiger partial charge in [0.25, 0.3) is 10.0 Å². The van der Waals surface area contributed by atoms with Gasteiger partial charge in [0.05, 0.1) is 33.7 Å². The second kappa shape index (κ2) is 9.56. The standard InChI is InChI=1S/C25H19ClF3N3O4S/c1-3-16-4-9-20(10-5-16)37(35,36)32(24(33)34)19-8-11-22-23(13-19)31(15(2)30-22)14-17-6-7-18(12-21(17)26)25(27,28)29/h3-13H,1,14H2,2H3,(H,33,34). The number of rotatable bonds is 6. The maximum atomic E-state index is 13.2. The van der Waals surface area contributed by atoms with Gasteiger partial charge in [0.2, 0.25) is 0 Å². The molecule has 0 aliphatic rings. The third-order valence-corrected chi connectivity index (χ3v) is 7.76. The number of fused-ring (bicyclic) bond motifs is 1. The lowest BCUT2D eigenvalue weighted by Gasteiger charge is -2.20. The maximum absolute atomic E-state index is 13.2. The van der Waals surface area contributed by atoms with E-state index in [0.29, 0.717) is 28.0 Å². The number of carboxylic acid groups (broad SMARTS) is 1. The molecule has 0 saturated heterocycles. The number of aryl methyl sites for hydroxylation is 1. The summed E-state index contributed by atoms with van der Waals surface area (Å²) in [5.41, 5.74) is 0.777. The third kappa shape index (κ3) is 5.05. The van der Waals surface area contributed by atoms with E-state index in [1.165, 1.54) is 54.6 Å². The fourth-order valence-corrected chi connectivity index (χ4v) is 5.34. The molecule has 4 aromatic rings. The van der Waals surface area contributed by atoms with Crippen molar-refractivity contribution in [1.82, 2.24) is 9.55 Å². The average Bonchev–Trinajstić information content (AvgIpc) is 3.13. The van der Waals surface area contributed by atoms with Crippen molar-refractivity contribution in [3.05, 3.63) is 94.8 Å². The molecule has 1 N–H and O–H groups in total. The SMILES string of the molecule is C=Cc1ccc(S(=O)(=O)N(C(=O)O)c2ccc3nc(C)n(Cc4ccc(C(F)(F)F)cc4Cl)c3c2)cc1. The van der Waals surface area contributed by atoms with Crippen molar-refractivity contribution >= 4 is 50.5 Å². The van der Waals surface area contributed by atoms with E-state index in [4.69, 9.17) is 11.6 Å². The maximum Gasteiger partial charge on any atom is 0.426 e. The molecule has 0 radical (unpaired) electrons. The molecule has 1 aromatic heterocycles. The van der Waals surface area contributed by atoms with Crippen molar-refractivity contribution in [2.24, 2.45) is 0 Å². The van der Waals surface area contributed by atoms with E-state index in [0.717, 1.165) is 12.1 Å². The topological polar surface area (TPSA) is 92.5 Å². The molecule has 1 amide bonds. The van der Waals surface area contributed by atoms with Gasteiger partial charge in [0, 0.05) is 5.02 Å². The summed E-state index contributed by atoms with van der Waals surface area (Å²) in [5, 5.41) is 9.73. The number of hydrogen-bond acceptors (Lipinski definition) is 4. The number of benzene rings is 3. The fourth-order valence-electron chi connectivity index (χ4n) is 3.81. The Morgan fingerprint density at radius 2 is 1.81 bits per heavy atom. The van der Waals surface area contributed by atoms with Crippen LogP contribution < -0.4 is 4.31 Å². The van der Waals surface area contributed by atoms with Crippen molar-refractivity contribution in [1.29, 1.82) is 0 Å². The van der Waals surface area contributed by atoms with Gasteiger partial charge in [-0.15, -0.1) is 0 Å². The molecule has 0 bridgehead atoms. The van der Waals surface area contributed by atoms with Gasteiger partial charge in [-0.1, -0.05) is 42.5 Å². The molecule has 0 aliphatic carbocycles. The van der Waals surface area contributed by atoms with Crippen LogP contribution in [0.3, 0.4) is 0 Å². The van der Waals surface area contributed by atoms with Crippen LogP contribution in [-0.4, -0.2) is 29.2 Å². The van der Waals surface area contributed by atoms with Crippen molar-refractivity contribution in [3.8, 4) is 0 Å². The normalized spacial score (nSPS) is 12.0. The van der Waals surface area contributed by atoms with Gasteiger partial charge >= 0.3 is 12.3 Å². The van der Waals surface area contributed by atoms with E-state index < -0.39 is 27.9 Å². The zero-order valence-electron chi connectivity index (χ0n) is 19.2. The van der Waals surface area contributed by atoms with Gasteiger partial charge < -0.3 is 9.67 Å². The second-order valence-corrected chi connectivity index (χ2v) is 10.2. The van der Waals surface area contributed by atoms with E-state index in [-0.39, 0.29) is 26.5 Å². The molecule has 0 unspecified atom stereocenters.